The number of aromatic amines is 1. The quantitative estimate of drug-likeness (QED) is 0.666. The summed E-state index contributed by atoms with van der Waals surface area (Å²) in [5.74, 6) is -0.248. The molecule has 0 aliphatic heterocycles. The molecule has 2 aromatic carbocycles. The van der Waals surface area contributed by atoms with Crippen LogP contribution in [-0.4, -0.2) is 17.4 Å². The molecule has 144 valence electrons. The highest BCUT2D eigenvalue weighted by atomic mass is 35.5. The molecule has 1 aliphatic rings. The molecule has 3 aromatic rings. The minimum atomic E-state index is -0.248. The van der Waals surface area contributed by atoms with Crippen molar-refractivity contribution in [2.45, 2.75) is 37.5 Å². The van der Waals surface area contributed by atoms with Crippen LogP contribution in [0.25, 0.3) is 10.8 Å². The molecule has 1 fully saturated rings. The SMILES string of the molecule is O=C(NCC1(c2ccc(Cl)cc2)CCCCC1)c1cc2ccccc2c(=O)[nH]1. The van der Waals surface area contributed by atoms with Crippen molar-refractivity contribution >= 4 is 28.3 Å². The summed E-state index contributed by atoms with van der Waals surface area (Å²) in [5, 5.41) is 5.14. The topological polar surface area (TPSA) is 62.0 Å². The Bertz CT molecular complexity index is 1050. The van der Waals surface area contributed by atoms with Gasteiger partial charge in [-0.25, -0.2) is 0 Å². The molecule has 1 amide bonds. The molecule has 2 N–H and O–H groups in total. The smallest absolute Gasteiger partial charge is 0.267 e. The van der Waals surface area contributed by atoms with E-state index in [1.807, 2.05) is 30.3 Å². The molecule has 1 aromatic heterocycles. The fourth-order valence-corrected chi connectivity index (χ4v) is 4.40. The zero-order chi connectivity index (χ0) is 19.6. The number of hydrogen-bond acceptors (Lipinski definition) is 2. The van der Waals surface area contributed by atoms with E-state index in [9.17, 15) is 9.59 Å². The average molecular weight is 395 g/mol. The maximum Gasteiger partial charge on any atom is 0.267 e. The van der Waals surface area contributed by atoms with Gasteiger partial charge in [0, 0.05) is 22.4 Å². The molecule has 1 saturated carbocycles. The van der Waals surface area contributed by atoms with Crippen molar-refractivity contribution in [2.24, 2.45) is 0 Å². The van der Waals surface area contributed by atoms with Crippen molar-refractivity contribution in [3.05, 3.63) is 81.2 Å². The van der Waals surface area contributed by atoms with Gasteiger partial charge in [0.1, 0.15) is 5.69 Å². The van der Waals surface area contributed by atoms with E-state index in [1.165, 1.54) is 12.0 Å². The number of H-pyrrole nitrogens is 1. The largest absolute Gasteiger partial charge is 0.350 e. The third-order valence-corrected chi connectivity index (χ3v) is 6.10. The number of pyridine rings is 1. The van der Waals surface area contributed by atoms with E-state index < -0.39 is 0 Å². The van der Waals surface area contributed by atoms with Crippen molar-refractivity contribution in [2.75, 3.05) is 6.54 Å². The van der Waals surface area contributed by atoms with Crippen LogP contribution in [0.3, 0.4) is 0 Å². The van der Waals surface area contributed by atoms with Crippen LogP contribution < -0.4 is 10.9 Å². The standard InChI is InChI=1S/C23H23ClN2O2/c24-18-10-8-17(9-11-18)23(12-4-1-5-13-23)15-25-22(28)20-14-16-6-2-3-7-19(16)21(27)26-20/h2-3,6-11,14H,1,4-5,12-13,15H2,(H,25,28)(H,26,27). The van der Waals surface area contributed by atoms with E-state index in [-0.39, 0.29) is 16.9 Å². The highest BCUT2D eigenvalue weighted by molar-refractivity contribution is 6.30. The number of fused-ring (bicyclic) bond motifs is 1. The van der Waals surface area contributed by atoms with Gasteiger partial charge in [-0.05, 0) is 48.1 Å². The summed E-state index contributed by atoms with van der Waals surface area (Å²) in [6, 6.07) is 17.0. The Hall–Kier alpha value is -2.59. The maximum atomic E-state index is 12.8. The van der Waals surface area contributed by atoms with E-state index in [4.69, 9.17) is 11.6 Å². The lowest BCUT2D eigenvalue weighted by Gasteiger charge is -2.38. The van der Waals surface area contributed by atoms with Crippen molar-refractivity contribution in [3.63, 3.8) is 0 Å². The Morgan fingerprint density at radius 1 is 1.04 bits per heavy atom. The van der Waals surface area contributed by atoms with Crippen LogP contribution in [0.1, 0.15) is 48.2 Å². The first-order valence-electron chi connectivity index (χ1n) is 9.74. The van der Waals surface area contributed by atoms with Gasteiger partial charge in [-0.3, -0.25) is 9.59 Å². The van der Waals surface area contributed by atoms with E-state index >= 15 is 0 Å². The third kappa shape index (κ3) is 3.69. The first kappa shape index (κ1) is 18.8. The summed E-state index contributed by atoms with van der Waals surface area (Å²) in [6.45, 7) is 0.544. The number of hydrogen-bond donors (Lipinski definition) is 2. The molecule has 0 bridgehead atoms. The van der Waals surface area contributed by atoms with Gasteiger partial charge in [-0.1, -0.05) is 61.2 Å². The number of halogens is 1. The molecule has 0 spiro atoms. The number of carbonyl (C=O) groups is 1. The normalized spacial score (nSPS) is 16.0. The summed E-state index contributed by atoms with van der Waals surface area (Å²) in [4.78, 5) is 27.8. The Labute approximate surface area is 168 Å². The second kappa shape index (κ2) is 7.80. The Morgan fingerprint density at radius 2 is 1.75 bits per heavy atom. The van der Waals surface area contributed by atoms with Crippen LogP contribution in [0, 0.1) is 0 Å². The predicted octanol–water partition coefficient (Wildman–Crippen LogP) is 4.81. The summed E-state index contributed by atoms with van der Waals surface area (Å²) >= 11 is 6.06. The first-order valence-corrected chi connectivity index (χ1v) is 10.1. The van der Waals surface area contributed by atoms with Gasteiger partial charge >= 0.3 is 0 Å². The van der Waals surface area contributed by atoms with E-state index in [0.717, 1.165) is 31.1 Å². The molecule has 0 atom stereocenters. The zero-order valence-corrected chi connectivity index (χ0v) is 16.4. The van der Waals surface area contributed by atoms with Crippen molar-refractivity contribution < 1.29 is 4.79 Å². The first-order chi connectivity index (χ1) is 13.6. The molecule has 4 rings (SSSR count). The van der Waals surface area contributed by atoms with Crippen LogP contribution in [0.15, 0.2) is 59.4 Å². The van der Waals surface area contributed by atoms with Crippen molar-refractivity contribution in [3.8, 4) is 0 Å². The Balaban J connectivity index is 1.58. The number of nitrogens with one attached hydrogen (secondary N) is 2. The van der Waals surface area contributed by atoms with Gasteiger partial charge in [0.15, 0.2) is 0 Å². The number of amides is 1. The van der Waals surface area contributed by atoms with E-state index in [0.29, 0.717) is 22.6 Å². The number of carbonyl (C=O) groups excluding carboxylic acids is 1. The zero-order valence-electron chi connectivity index (χ0n) is 15.6. The molecule has 1 heterocycles. The maximum absolute atomic E-state index is 12.8. The van der Waals surface area contributed by atoms with Crippen molar-refractivity contribution in [1.82, 2.24) is 10.3 Å². The van der Waals surface area contributed by atoms with Crippen LogP contribution in [0.5, 0.6) is 0 Å². The Morgan fingerprint density at radius 3 is 2.50 bits per heavy atom. The van der Waals surface area contributed by atoms with E-state index in [2.05, 4.69) is 22.4 Å². The summed E-state index contributed by atoms with van der Waals surface area (Å²) in [7, 11) is 0. The predicted molar refractivity (Wildman–Crippen MR) is 113 cm³/mol. The lowest BCUT2D eigenvalue weighted by molar-refractivity contribution is 0.0931. The highest BCUT2D eigenvalue weighted by Gasteiger charge is 2.34. The van der Waals surface area contributed by atoms with Crippen LogP contribution in [0.4, 0.5) is 0 Å². The molecule has 28 heavy (non-hydrogen) atoms. The number of aromatic nitrogens is 1. The average Bonchev–Trinajstić information content (AvgIpc) is 2.73. The molecule has 0 unspecified atom stereocenters. The van der Waals surface area contributed by atoms with Gasteiger partial charge in [0.2, 0.25) is 0 Å². The second-order valence-corrected chi connectivity index (χ2v) is 8.07. The van der Waals surface area contributed by atoms with Gasteiger partial charge in [-0.15, -0.1) is 0 Å². The highest BCUT2D eigenvalue weighted by Crippen LogP contribution is 2.39. The summed E-state index contributed by atoms with van der Waals surface area (Å²) < 4.78 is 0. The number of benzene rings is 2. The minimum absolute atomic E-state index is 0.0877. The van der Waals surface area contributed by atoms with Gasteiger partial charge in [-0.2, -0.15) is 0 Å². The van der Waals surface area contributed by atoms with Crippen LogP contribution in [0.2, 0.25) is 5.02 Å². The van der Waals surface area contributed by atoms with Crippen LogP contribution >= 0.6 is 11.6 Å². The fraction of sp³-hybridized carbons (Fsp3) is 0.304. The number of rotatable bonds is 4. The molecule has 5 heteroatoms. The monoisotopic (exact) mass is 394 g/mol. The minimum Gasteiger partial charge on any atom is -0.350 e. The van der Waals surface area contributed by atoms with E-state index in [1.54, 1.807) is 12.1 Å². The summed E-state index contributed by atoms with van der Waals surface area (Å²) in [5.41, 5.74) is 1.18. The lowest BCUT2D eigenvalue weighted by Crippen LogP contribution is -2.42. The van der Waals surface area contributed by atoms with Gasteiger partial charge < -0.3 is 10.3 Å². The molecular weight excluding hydrogens is 372 g/mol. The van der Waals surface area contributed by atoms with Gasteiger partial charge in [0.05, 0.1) is 0 Å². The van der Waals surface area contributed by atoms with Crippen molar-refractivity contribution in [1.29, 1.82) is 0 Å². The van der Waals surface area contributed by atoms with Crippen LogP contribution in [-0.2, 0) is 5.41 Å². The molecule has 1 aliphatic carbocycles. The second-order valence-electron chi connectivity index (χ2n) is 7.63. The third-order valence-electron chi connectivity index (χ3n) is 5.85. The van der Waals surface area contributed by atoms with Gasteiger partial charge in [0.25, 0.3) is 11.5 Å². The summed E-state index contributed by atoms with van der Waals surface area (Å²) in [6.07, 6.45) is 5.57. The fourth-order valence-electron chi connectivity index (χ4n) is 4.28. The Kier molecular flexibility index (Phi) is 5.23. The molecule has 0 saturated heterocycles. The molecule has 0 radical (unpaired) electrons. The lowest BCUT2D eigenvalue weighted by atomic mass is 9.69. The molecule has 4 nitrogen and oxygen atoms in total. The molecular formula is C23H23ClN2O2.